The minimum Gasteiger partial charge on any atom is -0.455 e. The number of carbonyl (C=O) groups is 2. The summed E-state index contributed by atoms with van der Waals surface area (Å²) in [4.78, 5) is 23.4. The van der Waals surface area contributed by atoms with Crippen molar-refractivity contribution in [2.75, 3.05) is 0 Å². The van der Waals surface area contributed by atoms with E-state index in [0.29, 0.717) is 12.3 Å². The van der Waals surface area contributed by atoms with Crippen LogP contribution in [-0.2, 0) is 20.9 Å². The van der Waals surface area contributed by atoms with Crippen molar-refractivity contribution in [2.45, 2.75) is 45.1 Å². The molecule has 0 heterocycles. The quantitative estimate of drug-likeness (QED) is 0.603. The Labute approximate surface area is 114 Å². The maximum Gasteiger partial charge on any atom is 0.374 e. The molecular weight excluding hydrogens is 240 g/mol. The fraction of sp³-hybridized carbons (Fsp3) is 0.500. The van der Waals surface area contributed by atoms with Gasteiger partial charge in [-0.25, -0.2) is 4.79 Å². The first-order chi connectivity index (χ1) is 9.25. The van der Waals surface area contributed by atoms with E-state index in [4.69, 9.17) is 4.74 Å². The highest BCUT2D eigenvalue weighted by Gasteiger charge is 2.22. The lowest BCUT2D eigenvalue weighted by molar-refractivity contribution is -0.155. The van der Waals surface area contributed by atoms with Crippen LogP contribution in [-0.4, -0.2) is 11.8 Å². The van der Waals surface area contributed by atoms with Crippen molar-refractivity contribution in [1.82, 2.24) is 0 Å². The van der Waals surface area contributed by atoms with Crippen LogP contribution in [0.15, 0.2) is 30.3 Å². The van der Waals surface area contributed by atoms with Crippen LogP contribution in [0.25, 0.3) is 0 Å². The summed E-state index contributed by atoms with van der Waals surface area (Å²) in [5.41, 5.74) is 0.904. The predicted molar refractivity (Wildman–Crippen MR) is 72.4 cm³/mol. The maximum atomic E-state index is 11.8. The van der Waals surface area contributed by atoms with E-state index in [0.717, 1.165) is 18.4 Å². The number of benzene rings is 1. The Kier molecular flexibility index (Phi) is 5.13. The molecule has 2 rings (SSSR count). The zero-order valence-corrected chi connectivity index (χ0v) is 11.1. The lowest BCUT2D eigenvalue weighted by Gasteiger charge is -2.20. The summed E-state index contributed by atoms with van der Waals surface area (Å²) in [5, 5.41) is 0. The first-order valence-corrected chi connectivity index (χ1v) is 6.99. The maximum absolute atomic E-state index is 11.8. The van der Waals surface area contributed by atoms with Gasteiger partial charge in [0.05, 0.1) is 0 Å². The Hall–Kier alpha value is -1.64. The van der Waals surface area contributed by atoms with Crippen LogP contribution in [0.2, 0.25) is 0 Å². The minimum absolute atomic E-state index is 0.177. The fourth-order valence-electron chi connectivity index (χ4n) is 2.54. The van der Waals surface area contributed by atoms with Crippen molar-refractivity contribution in [3.05, 3.63) is 35.9 Å². The molecule has 3 nitrogen and oxygen atoms in total. The first kappa shape index (κ1) is 13.8. The van der Waals surface area contributed by atoms with Gasteiger partial charge in [0.2, 0.25) is 5.78 Å². The lowest BCUT2D eigenvalue weighted by atomic mass is 9.86. The van der Waals surface area contributed by atoms with Gasteiger partial charge in [-0.05, 0) is 11.5 Å². The Morgan fingerprint density at radius 3 is 2.42 bits per heavy atom. The van der Waals surface area contributed by atoms with Crippen LogP contribution in [0.1, 0.15) is 44.1 Å². The van der Waals surface area contributed by atoms with Crippen molar-refractivity contribution in [1.29, 1.82) is 0 Å². The third-order valence-corrected chi connectivity index (χ3v) is 3.64. The summed E-state index contributed by atoms with van der Waals surface area (Å²) < 4.78 is 5.04. The smallest absolute Gasteiger partial charge is 0.374 e. The second-order valence-electron chi connectivity index (χ2n) is 5.19. The van der Waals surface area contributed by atoms with Crippen LogP contribution >= 0.6 is 0 Å². The van der Waals surface area contributed by atoms with Crippen LogP contribution in [0.5, 0.6) is 0 Å². The fourth-order valence-corrected chi connectivity index (χ4v) is 2.54. The number of ketones is 1. The molecule has 1 saturated carbocycles. The predicted octanol–water partition coefficient (Wildman–Crippen LogP) is 3.27. The average Bonchev–Trinajstić information content (AvgIpc) is 2.47. The number of hydrogen-bond donors (Lipinski definition) is 0. The van der Waals surface area contributed by atoms with Crippen molar-refractivity contribution in [2.24, 2.45) is 5.92 Å². The zero-order chi connectivity index (χ0) is 13.5. The number of Topliss-reactive ketones (excluding diaryl/α,β-unsaturated/α-hetero) is 1. The molecule has 0 radical (unpaired) electrons. The number of hydrogen-bond acceptors (Lipinski definition) is 3. The van der Waals surface area contributed by atoms with Crippen molar-refractivity contribution >= 4 is 11.8 Å². The van der Waals surface area contributed by atoms with Gasteiger partial charge in [0, 0.05) is 6.42 Å². The normalized spacial score (nSPS) is 16.0. The number of ether oxygens (including phenoxy) is 1. The van der Waals surface area contributed by atoms with Crippen LogP contribution < -0.4 is 0 Å². The molecule has 1 fully saturated rings. The van der Waals surface area contributed by atoms with Gasteiger partial charge in [0.15, 0.2) is 0 Å². The van der Waals surface area contributed by atoms with Gasteiger partial charge in [-0.3, -0.25) is 4.79 Å². The van der Waals surface area contributed by atoms with Crippen molar-refractivity contribution in [3.63, 3.8) is 0 Å². The number of esters is 1. The molecule has 0 spiro atoms. The standard InChI is InChI=1S/C16H20O3/c17-15(11-13-7-3-1-4-8-13)16(18)19-12-14-9-5-2-6-10-14/h2,5-6,9-10,13H,1,3-4,7-8,11-12H2. The largest absolute Gasteiger partial charge is 0.455 e. The highest BCUT2D eigenvalue weighted by atomic mass is 16.5. The van der Waals surface area contributed by atoms with E-state index in [-0.39, 0.29) is 12.4 Å². The molecule has 102 valence electrons. The van der Waals surface area contributed by atoms with Crippen LogP contribution in [0.4, 0.5) is 0 Å². The Morgan fingerprint density at radius 2 is 1.74 bits per heavy atom. The molecule has 1 aromatic rings. The highest BCUT2D eigenvalue weighted by molar-refractivity contribution is 6.33. The molecule has 0 amide bonds. The van der Waals surface area contributed by atoms with Crippen LogP contribution in [0, 0.1) is 5.92 Å². The van der Waals surface area contributed by atoms with Gasteiger partial charge in [0.25, 0.3) is 0 Å². The van der Waals surface area contributed by atoms with E-state index < -0.39 is 5.97 Å². The third-order valence-electron chi connectivity index (χ3n) is 3.64. The third kappa shape index (κ3) is 4.51. The molecular formula is C16H20O3. The van der Waals surface area contributed by atoms with Gasteiger partial charge in [0.1, 0.15) is 6.61 Å². The Morgan fingerprint density at radius 1 is 1.05 bits per heavy atom. The zero-order valence-electron chi connectivity index (χ0n) is 11.1. The van der Waals surface area contributed by atoms with Gasteiger partial charge in [-0.1, -0.05) is 62.4 Å². The molecule has 0 aromatic heterocycles. The topological polar surface area (TPSA) is 43.4 Å². The van der Waals surface area contributed by atoms with Gasteiger partial charge in [-0.15, -0.1) is 0 Å². The molecule has 19 heavy (non-hydrogen) atoms. The van der Waals surface area contributed by atoms with E-state index in [1.807, 2.05) is 30.3 Å². The van der Waals surface area contributed by atoms with Gasteiger partial charge < -0.3 is 4.74 Å². The van der Waals surface area contributed by atoms with Gasteiger partial charge >= 0.3 is 5.97 Å². The molecule has 0 bridgehead atoms. The van der Waals surface area contributed by atoms with E-state index in [1.165, 1.54) is 19.3 Å². The van der Waals surface area contributed by atoms with Crippen molar-refractivity contribution < 1.29 is 14.3 Å². The van der Waals surface area contributed by atoms with Crippen LogP contribution in [0.3, 0.4) is 0 Å². The highest BCUT2D eigenvalue weighted by Crippen LogP contribution is 2.26. The number of carbonyl (C=O) groups excluding carboxylic acids is 2. The van der Waals surface area contributed by atoms with E-state index >= 15 is 0 Å². The summed E-state index contributed by atoms with van der Waals surface area (Å²) in [6.45, 7) is 0.177. The Bertz CT molecular complexity index is 419. The van der Waals surface area contributed by atoms with E-state index in [9.17, 15) is 9.59 Å². The SMILES string of the molecule is O=C(CC1CCCCC1)C(=O)OCc1ccccc1. The molecule has 0 N–H and O–H groups in total. The average molecular weight is 260 g/mol. The van der Waals surface area contributed by atoms with Gasteiger partial charge in [-0.2, -0.15) is 0 Å². The first-order valence-electron chi connectivity index (χ1n) is 6.99. The molecule has 1 aliphatic carbocycles. The second-order valence-corrected chi connectivity index (χ2v) is 5.19. The minimum atomic E-state index is -0.686. The summed E-state index contributed by atoms with van der Waals surface area (Å²) in [6.07, 6.45) is 6.10. The monoisotopic (exact) mass is 260 g/mol. The van der Waals surface area contributed by atoms with E-state index in [1.54, 1.807) is 0 Å². The molecule has 0 aliphatic heterocycles. The molecule has 1 aromatic carbocycles. The summed E-state index contributed by atoms with van der Waals surface area (Å²) in [6, 6.07) is 9.41. The molecule has 0 atom stereocenters. The summed E-state index contributed by atoms with van der Waals surface area (Å²) in [7, 11) is 0. The molecule has 1 aliphatic rings. The molecule has 0 saturated heterocycles. The summed E-state index contributed by atoms with van der Waals surface area (Å²) in [5.74, 6) is -0.678. The second kappa shape index (κ2) is 7.07. The number of rotatable bonds is 5. The Balaban J connectivity index is 1.74. The van der Waals surface area contributed by atoms with E-state index in [2.05, 4.69) is 0 Å². The molecule has 3 heteroatoms. The lowest BCUT2D eigenvalue weighted by Crippen LogP contribution is -2.21. The molecule has 0 unspecified atom stereocenters. The summed E-state index contributed by atoms with van der Waals surface area (Å²) >= 11 is 0. The van der Waals surface area contributed by atoms with Crippen molar-refractivity contribution in [3.8, 4) is 0 Å².